The third kappa shape index (κ3) is 7.81. The van der Waals surface area contributed by atoms with E-state index >= 15 is 0 Å². The third-order valence-corrected chi connectivity index (χ3v) is 7.25. The molecular formula is C29H36F3NO4. The molecule has 1 saturated heterocycles. The molecule has 8 heteroatoms. The van der Waals surface area contributed by atoms with Gasteiger partial charge in [-0.25, -0.2) is 0 Å². The van der Waals surface area contributed by atoms with E-state index in [-0.39, 0.29) is 35.2 Å². The van der Waals surface area contributed by atoms with E-state index in [4.69, 9.17) is 4.74 Å². The van der Waals surface area contributed by atoms with Gasteiger partial charge in [0, 0.05) is 25.1 Å². The van der Waals surface area contributed by atoms with Crippen LogP contribution in [-0.4, -0.2) is 40.4 Å². The Morgan fingerprint density at radius 2 is 1.62 bits per heavy atom. The number of ketones is 1. The number of hydrogen-bond donors (Lipinski definition) is 1. The Kier molecular flexibility index (Phi) is 9.40. The zero-order chi connectivity index (χ0) is 27.2. The van der Waals surface area contributed by atoms with Crippen LogP contribution in [0.15, 0.2) is 42.5 Å². The second-order valence-corrected chi connectivity index (χ2v) is 9.94. The van der Waals surface area contributed by atoms with Gasteiger partial charge in [0.2, 0.25) is 5.91 Å². The molecule has 0 aliphatic carbocycles. The summed E-state index contributed by atoms with van der Waals surface area (Å²) >= 11 is 0. The molecule has 0 unspecified atom stereocenters. The summed E-state index contributed by atoms with van der Waals surface area (Å²) in [6.07, 6.45) is -0.861. The molecule has 2 aromatic carbocycles. The average Bonchev–Trinajstić information content (AvgIpc) is 2.87. The van der Waals surface area contributed by atoms with Crippen LogP contribution in [0.25, 0.3) is 0 Å². The van der Waals surface area contributed by atoms with Gasteiger partial charge >= 0.3 is 6.18 Å². The molecule has 2 aromatic rings. The van der Waals surface area contributed by atoms with Crippen LogP contribution >= 0.6 is 0 Å². The SMILES string of the molecule is CCC(=O)c1ccc(Oc2cc(CC(=O)N3CCC(O)(CC(CC)CC)CC3)cc(C(F)(F)F)c2)cc1. The highest BCUT2D eigenvalue weighted by Crippen LogP contribution is 2.35. The van der Waals surface area contributed by atoms with Crippen LogP contribution in [0.1, 0.15) is 80.8 Å². The normalized spacial score (nSPS) is 15.6. The molecule has 1 N–H and O–H groups in total. The molecule has 5 nitrogen and oxygen atoms in total. The second kappa shape index (κ2) is 12.1. The first kappa shape index (κ1) is 28.7. The van der Waals surface area contributed by atoms with Crippen molar-refractivity contribution in [1.82, 2.24) is 4.90 Å². The van der Waals surface area contributed by atoms with Crippen molar-refractivity contribution in [3.63, 3.8) is 0 Å². The molecule has 1 aliphatic rings. The smallest absolute Gasteiger partial charge is 0.416 e. The van der Waals surface area contributed by atoms with Crippen molar-refractivity contribution in [2.45, 2.75) is 77.5 Å². The van der Waals surface area contributed by atoms with Crippen molar-refractivity contribution in [1.29, 1.82) is 0 Å². The number of ether oxygens (including phenoxy) is 1. The molecule has 0 aromatic heterocycles. The maximum atomic E-state index is 13.6. The molecule has 1 aliphatic heterocycles. The minimum atomic E-state index is -4.61. The molecule has 0 radical (unpaired) electrons. The molecule has 1 amide bonds. The first-order valence-electron chi connectivity index (χ1n) is 13.0. The van der Waals surface area contributed by atoms with Crippen molar-refractivity contribution in [2.24, 2.45) is 5.92 Å². The molecule has 1 heterocycles. The molecular weight excluding hydrogens is 483 g/mol. The van der Waals surface area contributed by atoms with Crippen LogP contribution < -0.4 is 4.74 Å². The Hall–Kier alpha value is -2.87. The van der Waals surface area contributed by atoms with Crippen LogP contribution in [0.4, 0.5) is 13.2 Å². The van der Waals surface area contributed by atoms with Gasteiger partial charge in [-0.15, -0.1) is 0 Å². The lowest BCUT2D eigenvalue weighted by Gasteiger charge is -2.40. The van der Waals surface area contributed by atoms with Crippen LogP contribution in [0.2, 0.25) is 0 Å². The predicted octanol–water partition coefficient (Wildman–Crippen LogP) is 6.81. The quantitative estimate of drug-likeness (QED) is 0.350. The number of carbonyl (C=O) groups is 2. The van der Waals surface area contributed by atoms with E-state index < -0.39 is 17.3 Å². The Morgan fingerprint density at radius 1 is 1.00 bits per heavy atom. The number of halogens is 3. The summed E-state index contributed by atoms with van der Waals surface area (Å²) in [5.74, 6) is 0.358. The lowest BCUT2D eigenvalue weighted by molar-refractivity contribution is -0.138. The van der Waals surface area contributed by atoms with Crippen LogP contribution in [-0.2, 0) is 17.4 Å². The lowest BCUT2D eigenvalue weighted by Crippen LogP contribution is -2.47. The standard InChI is InChI=1S/C29H36F3NO4/c1-4-20(5-2)19-28(36)11-13-33(14-12-28)27(35)17-21-15-23(29(30,31)32)18-25(16-21)37-24-9-7-22(8-10-24)26(34)6-3/h7-10,15-16,18,20,36H,4-6,11-14,17,19H2,1-3H3. The molecule has 1 fully saturated rings. The number of Topliss-reactive ketones (excluding diaryl/α,β-unsaturated/α-hetero) is 1. The molecule has 0 saturated carbocycles. The Balaban J connectivity index is 1.71. The summed E-state index contributed by atoms with van der Waals surface area (Å²) in [6, 6.07) is 9.51. The van der Waals surface area contributed by atoms with Gasteiger partial charge in [0.1, 0.15) is 11.5 Å². The van der Waals surface area contributed by atoms with Gasteiger partial charge < -0.3 is 14.7 Å². The summed E-state index contributed by atoms with van der Waals surface area (Å²) in [5.41, 5.74) is -1.00. The van der Waals surface area contributed by atoms with E-state index in [0.717, 1.165) is 25.0 Å². The Labute approximate surface area is 216 Å². The zero-order valence-corrected chi connectivity index (χ0v) is 21.7. The molecule has 202 valence electrons. The van der Waals surface area contributed by atoms with E-state index in [1.807, 2.05) is 0 Å². The topological polar surface area (TPSA) is 66.8 Å². The van der Waals surface area contributed by atoms with Crippen molar-refractivity contribution >= 4 is 11.7 Å². The number of alkyl halides is 3. The highest BCUT2D eigenvalue weighted by molar-refractivity contribution is 5.95. The fourth-order valence-corrected chi connectivity index (χ4v) is 4.81. The molecule has 3 rings (SSSR count). The van der Waals surface area contributed by atoms with Crippen molar-refractivity contribution < 1.29 is 32.6 Å². The van der Waals surface area contributed by atoms with Crippen molar-refractivity contribution in [3.05, 3.63) is 59.2 Å². The summed E-state index contributed by atoms with van der Waals surface area (Å²) in [5, 5.41) is 11.0. The monoisotopic (exact) mass is 519 g/mol. The van der Waals surface area contributed by atoms with Gasteiger partial charge in [0.05, 0.1) is 17.6 Å². The minimum Gasteiger partial charge on any atom is -0.457 e. The average molecular weight is 520 g/mol. The van der Waals surface area contributed by atoms with Crippen molar-refractivity contribution in [3.8, 4) is 11.5 Å². The van der Waals surface area contributed by atoms with Gasteiger partial charge in [-0.2, -0.15) is 13.2 Å². The number of aliphatic hydroxyl groups is 1. The third-order valence-electron chi connectivity index (χ3n) is 7.25. The number of likely N-dealkylation sites (tertiary alicyclic amines) is 1. The highest BCUT2D eigenvalue weighted by Gasteiger charge is 2.36. The van der Waals surface area contributed by atoms with E-state index in [0.29, 0.717) is 50.3 Å². The maximum Gasteiger partial charge on any atom is 0.416 e. The van der Waals surface area contributed by atoms with Crippen LogP contribution in [0.3, 0.4) is 0 Å². The first-order chi connectivity index (χ1) is 17.5. The van der Waals surface area contributed by atoms with Gasteiger partial charge in [-0.05, 0) is 73.2 Å². The first-order valence-corrected chi connectivity index (χ1v) is 13.0. The number of carbonyl (C=O) groups excluding carboxylic acids is 2. The number of piperidine rings is 1. The Bertz CT molecular complexity index is 1070. The number of nitrogens with zero attached hydrogens (tertiary/aromatic N) is 1. The van der Waals surface area contributed by atoms with Gasteiger partial charge in [0.25, 0.3) is 0 Å². The number of benzene rings is 2. The molecule has 37 heavy (non-hydrogen) atoms. The summed E-state index contributed by atoms with van der Waals surface area (Å²) in [6.45, 7) is 6.70. The maximum absolute atomic E-state index is 13.6. The fraction of sp³-hybridized carbons (Fsp3) is 0.517. The second-order valence-electron chi connectivity index (χ2n) is 9.94. The van der Waals surface area contributed by atoms with E-state index in [9.17, 15) is 27.9 Å². The number of hydrogen-bond acceptors (Lipinski definition) is 4. The van der Waals surface area contributed by atoms with E-state index in [1.54, 1.807) is 24.0 Å². The van der Waals surface area contributed by atoms with Gasteiger partial charge in [-0.1, -0.05) is 33.6 Å². The Morgan fingerprint density at radius 3 is 2.16 bits per heavy atom. The van der Waals surface area contributed by atoms with Gasteiger partial charge in [0.15, 0.2) is 5.78 Å². The van der Waals surface area contributed by atoms with Crippen LogP contribution in [0.5, 0.6) is 11.5 Å². The van der Waals surface area contributed by atoms with Crippen molar-refractivity contribution in [2.75, 3.05) is 13.1 Å². The number of rotatable bonds is 10. The summed E-state index contributed by atoms with van der Waals surface area (Å²) < 4.78 is 46.4. The molecule has 0 atom stereocenters. The fourth-order valence-electron chi connectivity index (χ4n) is 4.81. The molecule has 0 bridgehead atoms. The highest BCUT2D eigenvalue weighted by atomic mass is 19.4. The van der Waals surface area contributed by atoms with Gasteiger partial charge in [-0.3, -0.25) is 9.59 Å². The van der Waals surface area contributed by atoms with E-state index in [2.05, 4.69) is 13.8 Å². The largest absolute Gasteiger partial charge is 0.457 e. The summed E-state index contributed by atoms with van der Waals surface area (Å²) in [7, 11) is 0. The lowest BCUT2D eigenvalue weighted by atomic mass is 9.81. The predicted molar refractivity (Wildman–Crippen MR) is 136 cm³/mol. The summed E-state index contributed by atoms with van der Waals surface area (Å²) in [4.78, 5) is 26.4. The van der Waals surface area contributed by atoms with E-state index in [1.165, 1.54) is 18.2 Å². The zero-order valence-electron chi connectivity index (χ0n) is 21.7. The molecule has 0 spiro atoms. The number of amides is 1. The van der Waals surface area contributed by atoms with Crippen LogP contribution in [0, 0.1) is 5.92 Å². The minimum absolute atomic E-state index is 0.0367.